The fourth-order valence-electron chi connectivity index (χ4n) is 3.08. The third-order valence-electron chi connectivity index (χ3n) is 4.10. The molecule has 0 amide bonds. The van der Waals surface area contributed by atoms with Gasteiger partial charge in [-0.05, 0) is 31.9 Å². The van der Waals surface area contributed by atoms with Crippen molar-refractivity contribution < 1.29 is 4.39 Å². The van der Waals surface area contributed by atoms with Crippen molar-refractivity contribution in [3.63, 3.8) is 0 Å². The summed E-state index contributed by atoms with van der Waals surface area (Å²) < 4.78 is 13.9. The maximum atomic E-state index is 13.9. The summed E-state index contributed by atoms with van der Waals surface area (Å²) >= 11 is 0. The van der Waals surface area contributed by atoms with Gasteiger partial charge in [-0.15, -0.1) is 0 Å². The first-order valence-corrected chi connectivity index (χ1v) is 6.14. The van der Waals surface area contributed by atoms with E-state index in [9.17, 15) is 4.39 Å². The van der Waals surface area contributed by atoms with E-state index in [0.29, 0.717) is 5.92 Å². The number of hydrogen-bond donors (Lipinski definition) is 1. The van der Waals surface area contributed by atoms with Gasteiger partial charge < -0.3 is 5.32 Å². The third kappa shape index (κ3) is 1.75. The molecule has 2 rings (SSSR count). The predicted octanol–water partition coefficient (Wildman–Crippen LogP) is 3.45. The van der Waals surface area contributed by atoms with Gasteiger partial charge in [-0.25, -0.2) is 4.39 Å². The van der Waals surface area contributed by atoms with Gasteiger partial charge in [0, 0.05) is 11.1 Å². The minimum atomic E-state index is -0.163. The van der Waals surface area contributed by atoms with E-state index in [1.165, 1.54) is 19.3 Å². The largest absolute Gasteiger partial charge is 0.310 e. The Labute approximate surface area is 97.1 Å². The molecular formula is C14H20FN. The van der Waals surface area contributed by atoms with E-state index < -0.39 is 0 Å². The molecule has 1 N–H and O–H groups in total. The van der Waals surface area contributed by atoms with Gasteiger partial charge in [0.05, 0.1) is 0 Å². The minimum Gasteiger partial charge on any atom is -0.310 e. The summed E-state index contributed by atoms with van der Waals surface area (Å²) in [6, 6.07) is 7.18. The molecule has 2 heteroatoms. The fourth-order valence-corrected chi connectivity index (χ4v) is 3.08. The lowest BCUT2D eigenvalue weighted by atomic mass is 9.69. The molecule has 1 saturated carbocycles. The van der Waals surface area contributed by atoms with Crippen molar-refractivity contribution in [1.29, 1.82) is 0 Å². The first-order chi connectivity index (χ1) is 7.70. The molecule has 88 valence electrons. The van der Waals surface area contributed by atoms with Crippen LogP contribution in [0.2, 0.25) is 0 Å². The molecule has 0 bridgehead atoms. The normalized spacial score (nSPS) is 30.3. The summed E-state index contributed by atoms with van der Waals surface area (Å²) in [5.74, 6) is 0.411. The quantitative estimate of drug-likeness (QED) is 0.806. The van der Waals surface area contributed by atoms with Gasteiger partial charge >= 0.3 is 0 Å². The highest BCUT2D eigenvalue weighted by Gasteiger charge is 2.39. The van der Waals surface area contributed by atoms with Gasteiger partial charge in [0.2, 0.25) is 0 Å². The zero-order valence-electron chi connectivity index (χ0n) is 10.1. The molecule has 0 aliphatic heterocycles. The van der Waals surface area contributed by atoms with Crippen LogP contribution < -0.4 is 5.32 Å². The topological polar surface area (TPSA) is 12.0 Å². The van der Waals surface area contributed by atoms with E-state index in [4.69, 9.17) is 0 Å². The molecule has 1 aromatic rings. The Morgan fingerprint density at radius 2 is 2.06 bits per heavy atom. The van der Waals surface area contributed by atoms with Gasteiger partial charge in [-0.2, -0.15) is 0 Å². The third-order valence-corrected chi connectivity index (χ3v) is 4.10. The zero-order valence-corrected chi connectivity index (χ0v) is 10.1. The molecule has 0 heterocycles. The number of nitrogens with one attached hydrogen (secondary N) is 1. The second kappa shape index (κ2) is 4.54. The Bertz CT molecular complexity index is 364. The summed E-state index contributed by atoms with van der Waals surface area (Å²) in [4.78, 5) is 0. The highest BCUT2D eigenvalue weighted by atomic mass is 19.1. The summed E-state index contributed by atoms with van der Waals surface area (Å²) in [6.45, 7) is 2.22. The van der Waals surface area contributed by atoms with Crippen LogP contribution in [0.3, 0.4) is 0 Å². The van der Waals surface area contributed by atoms with Gasteiger partial charge in [0.15, 0.2) is 0 Å². The van der Waals surface area contributed by atoms with E-state index >= 15 is 0 Å². The number of rotatable bonds is 2. The van der Waals surface area contributed by atoms with E-state index in [2.05, 4.69) is 12.2 Å². The molecule has 1 aromatic carbocycles. The molecule has 0 spiro atoms. The van der Waals surface area contributed by atoms with E-state index in [1.807, 2.05) is 19.2 Å². The van der Waals surface area contributed by atoms with Gasteiger partial charge in [0.1, 0.15) is 5.82 Å². The highest BCUT2D eigenvalue weighted by molar-refractivity contribution is 5.27. The van der Waals surface area contributed by atoms with Crippen molar-refractivity contribution in [3.8, 4) is 0 Å². The molecule has 1 aliphatic rings. The number of halogens is 1. The highest BCUT2D eigenvalue weighted by Crippen LogP contribution is 2.41. The van der Waals surface area contributed by atoms with Crippen molar-refractivity contribution in [2.45, 2.75) is 38.1 Å². The summed E-state index contributed by atoms with van der Waals surface area (Å²) in [7, 11) is 1.95. The Morgan fingerprint density at radius 3 is 2.69 bits per heavy atom. The Hall–Kier alpha value is -0.890. The Morgan fingerprint density at radius 1 is 1.31 bits per heavy atom. The second-order valence-electron chi connectivity index (χ2n) is 4.85. The van der Waals surface area contributed by atoms with Gasteiger partial charge in [-0.3, -0.25) is 0 Å². The second-order valence-corrected chi connectivity index (χ2v) is 4.85. The van der Waals surface area contributed by atoms with Crippen molar-refractivity contribution in [1.82, 2.24) is 5.32 Å². The fraction of sp³-hybridized carbons (Fsp3) is 0.571. The summed E-state index contributed by atoms with van der Waals surface area (Å²) in [6.07, 6.45) is 4.65. The molecule has 1 fully saturated rings. The lowest BCUT2D eigenvalue weighted by Crippen LogP contribution is -2.48. The molecule has 16 heavy (non-hydrogen) atoms. The average Bonchev–Trinajstić information content (AvgIpc) is 2.31. The van der Waals surface area contributed by atoms with Crippen LogP contribution in [0, 0.1) is 11.7 Å². The first-order valence-electron chi connectivity index (χ1n) is 6.14. The number of benzene rings is 1. The lowest BCUT2D eigenvalue weighted by molar-refractivity contribution is 0.160. The predicted molar refractivity (Wildman–Crippen MR) is 64.8 cm³/mol. The monoisotopic (exact) mass is 221 g/mol. The van der Waals surface area contributed by atoms with Crippen LogP contribution in [-0.2, 0) is 5.54 Å². The molecule has 0 saturated heterocycles. The SMILES string of the molecule is CN[C@]1(c2ccccc2F)CCCCC1C. The maximum Gasteiger partial charge on any atom is 0.128 e. The first kappa shape index (κ1) is 11.6. The van der Waals surface area contributed by atoms with Gasteiger partial charge in [0.25, 0.3) is 0 Å². The van der Waals surface area contributed by atoms with Crippen LogP contribution in [-0.4, -0.2) is 7.05 Å². The minimum absolute atomic E-state index is 0.0781. The van der Waals surface area contributed by atoms with Crippen LogP contribution in [0.5, 0.6) is 0 Å². The van der Waals surface area contributed by atoms with Crippen LogP contribution in [0.15, 0.2) is 24.3 Å². The van der Waals surface area contributed by atoms with Crippen LogP contribution in [0.25, 0.3) is 0 Å². The van der Waals surface area contributed by atoms with Crippen molar-refractivity contribution in [3.05, 3.63) is 35.6 Å². The van der Waals surface area contributed by atoms with Crippen molar-refractivity contribution in [2.75, 3.05) is 7.05 Å². The molecule has 0 aromatic heterocycles. The Balaban J connectivity index is 2.44. The van der Waals surface area contributed by atoms with Crippen molar-refractivity contribution in [2.24, 2.45) is 5.92 Å². The standard InChI is InChI=1S/C14H20FN/c1-11-7-5-6-10-14(11,16-2)12-8-3-4-9-13(12)15/h3-4,8-9,11,16H,5-7,10H2,1-2H3/t11?,14-/m1/s1. The van der Waals surface area contributed by atoms with E-state index in [-0.39, 0.29) is 11.4 Å². The van der Waals surface area contributed by atoms with E-state index in [0.717, 1.165) is 12.0 Å². The van der Waals surface area contributed by atoms with Crippen LogP contribution >= 0.6 is 0 Å². The molecule has 1 unspecified atom stereocenters. The zero-order chi connectivity index (χ0) is 11.6. The summed E-state index contributed by atoms with van der Waals surface area (Å²) in [5, 5.41) is 3.38. The number of hydrogen-bond acceptors (Lipinski definition) is 1. The van der Waals surface area contributed by atoms with Crippen LogP contribution in [0.1, 0.15) is 38.2 Å². The van der Waals surface area contributed by atoms with Crippen LogP contribution in [0.4, 0.5) is 4.39 Å². The Kier molecular flexibility index (Phi) is 3.29. The molecule has 0 radical (unpaired) electrons. The van der Waals surface area contributed by atoms with Gasteiger partial charge in [-0.1, -0.05) is 38.0 Å². The molecule has 1 nitrogen and oxygen atoms in total. The molecular weight excluding hydrogens is 201 g/mol. The summed E-state index contributed by atoms with van der Waals surface area (Å²) in [5.41, 5.74) is 0.675. The molecule has 1 aliphatic carbocycles. The smallest absolute Gasteiger partial charge is 0.128 e. The maximum absolute atomic E-state index is 13.9. The average molecular weight is 221 g/mol. The lowest BCUT2D eigenvalue weighted by Gasteiger charge is -2.43. The van der Waals surface area contributed by atoms with Crippen molar-refractivity contribution >= 4 is 0 Å². The molecule has 2 atom stereocenters. The van der Waals surface area contributed by atoms with E-state index in [1.54, 1.807) is 12.1 Å².